The van der Waals surface area contributed by atoms with E-state index in [0.717, 1.165) is 49.7 Å². The number of hydrogen-bond donors (Lipinski definition) is 1. The molecule has 2 aromatic rings. The number of anilines is 1. The third-order valence-corrected chi connectivity index (χ3v) is 4.79. The quantitative estimate of drug-likeness (QED) is 0.867. The van der Waals surface area contributed by atoms with E-state index in [1.807, 2.05) is 43.3 Å². The zero-order valence-corrected chi connectivity index (χ0v) is 15.6. The molecule has 1 aliphatic heterocycles. The van der Waals surface area contributed by atoms with Gasteiger partial charge in [-0.15, -0.1) is 0 Å². The lowest BCUT2D eigenvalue weighted by Crippen LogP contribution is -2.48. The van der Waals surface area contributed by atoms with E-state index in [1.54, 1.807) is 7.11 Å². The van der Waals surface area contributed by atoms with Gasteiger partial charge in [-0.2, -0.15) is 0 Å². The Morgan fingerprint density at radius 1 is 1.04 bits per heavy atom. The Hall–Kier alpha value is -2.37. The van der Waals surface area contributed by atoms with Crippen LogP contribution in [-0.2, 0) is 11.3 Å². The lowest BCUT2D eigenvalue weighted by molar-refractivity contribution is -0.117. The smallest absolute Gasteiger partial charge is 0.238 e. The Morgan fingerprint density at radius 3 is 2.50 bits per heavy atom. The Morgan fingerprint density at radius 2 is 1.77 bits per heavy atom. The zero-order chi connectivity index (χ0) is 18.4. The van der Waals surface area contributed by atoms with Crippen LogP contribution in [-0.4, -0.2) is 55.5 Å². The number of hydrogen-bond acceptors (Lipinski definition) is 4. The maximum atomic E-state index is 12.3. The molecule has 0 spiro atoms. The highest BCUT2D eigenvalue weighted by Gasteiger charge is 2.19. The van der Waals surface area contributed by atoms with Crippen LogP contribution in [0.2, 0.25) is 0 Å². The summed E-state index contributed by atoms with van der Waals surface area (Å²) < 4.78 is 5.29. The average Bonchev–Trinajstić information content (AvgIpc) is 2.65. The molecule has 2 aromatic carbocycles. The van der Waals surface area contributed by atoms with Crippen LogP contribution in [0.1, 0.15) is 11.1 Å². The van der Waals surface area contributed by atoms with Gasteiger partial charge in [-0.3, -0.25) is 14.6 Å². The molecule has 3 rings (SSSR count). The number of carbonyl (C=O) groups excluding carboxylic acids is 1. The van der Waals surface area contributed by atoms with Crippen LogP contribution in [0.5, 0.6) is 5.75 Å². The highest BCUT2D eigenvalue weighted by molar-refractivity contribution is 5.92. The van der Waals surface area contributed by atoms with Gasteiger partial charge < -0.3 is 10.1 Å². The molecule has 1 fully saturated rings. The number of para-hydroxylation sites is 1. The molecule has 0 aromatic heterocycles. The molecule has 0 bridgehead atoms. The highest BCUT2D eigenvalue weighted by atomic mass is 16.5. The van der Waals surface area contributed by atoms with Crippen LogP contribution in [0.3, 0.4) is 0 Å². The molecular weight excluding hydrogens is 326 g/mol. The van der Waals surface area contributed by atoms with Crippen molar-refractivity contribution in [3.63, 3.8) is 0 Å². The molecule has 5 nitrogen and oxygen atoms in total. The van der Waals surface area contributed by atoms with Gasteiger partial charge in [0, 0.05) is 38.4 Å². The van der Waals surface area contributed by atoms with Crippen molar-refractivity contribution in [3.8, 4) is 5.75 Å². The first-order valence-electron chi connectivity index (χ1n) is 9.07. The fourth-order valence-electron chi connectivity index (χ4n) is 3.24. The van der Waals surface area contributed by atoms with Gasteiger partial charge in [0.05, 0.1) is 13.7 Å². The summed E-state index contributed by atoms with van der Waals surface area (Å²) >= 11 is 0. The second kappa shape index (κ2) is 8.83. The lowest BCUT2D eigenvalue weighted by Gasteiger charge is -2.34. The number of rotatable bonds is 6. The molecule has 26 heavy (non-hydrogen) atoms. The number of piperazine rings is 1. The first-order valence-corrected chi connectivity index (χ1v) is 9.07. The number of amides is 1. The van der Waals surface area contributed by atoms with Crippen LogP contribution >= 0.6 is 0 Å². The number of nitrogens with one attached hydrogen (secondary N) is 1. The molecule has 0 saturated carbocycles. The predicted octanol–water partition coefficient (Wildman–Crippen LogP) is 2.76. The Kier molecular flexibility index (Phi) is 6.26. The van der Waals surface area contributed by atoms with Crippen molar-refractivity contribution in [2.24, 2.45) is 0 Å². The summed E-state index contributed by atoms with van der Waals surface area (Å²) in [7, 11) is 1.69. The molecule has 0 atom stereocenters. The molecule has 138 valence electrons. The van der Waals surface area contributed by atoms with Gasteiger partial charge in [-0.05, 0) is 36.2 Å². The summed E-state index contributed by atoms with van der Waals surface area (Å²) in [6.45, 7) is 7.12. The van der Waals surface area contributed by atoms with Crippen molar-refractivity contribution < 1.29 is 9.53 Å². The number of aryl methyl sites for hydroxylation is 1. The van der Waals surface area contributed by atoms with Crippen molar-refractivity contribution in [1.82, 2.24) is 9.80 Å². The molecular formula is C21H27N3O2. The Bertz CT molecular complexity index is 740. The van der Waals surface area contributed by atoms with Gasteiger partial charge in [0.2, 0.25) is 5.91 Å². The largest absolute Gasteiger partial charge is 0.497 e. The van der Waals surface area contributed by atoms with Gasteiger partial charge in [-0.1, -0.05) is 30.3 Å². The van der Waals surface area contributed by atoms with Crippen LogP contribution in [0, 0.1) is 6.92 Å². The molecule has 1 saturated heterocycles. The van der Waals surface area contributed by atoms with Crippen LogP contribution in [0.15, 0.2) is 48.5 Å². The zero-order valence-electron chi connectivity index (χ0n) is 15.6. The van der Waals surface area contributed by atoms with Gasteiger partial charge in [0.1, 0.15) is 5.75 Å². The van der Waals surface area contributed by atoms with E-state index in [2.05, 4.69) is 27.2 Å². The van der Waals surface area contributed by atoms with Crippen LogP contribution < -0.4 is 10.1 Å². The van der Waals surface area contributed by atoms with E-state index in [0.29, 0.717) is 6.54 Å². The molecule has 1 amide bonds. The van der Waals surface area contributed by atoms with E-state index in [-0.39, 0.29) is 5.91 Å². The molecule has 1 heterocycles. The van der Waals surface area contributed by atoms with E-state index in [1.165, 1.54) is 5.56 Å². The van der Waals surface area contributed by atoms with Crippen molar-refractivity contribution in [3.05, 3.63) is 59.7 Å². The van der Waals surface area contributed by atoms with E-state index in [9.17, 15) is 4.79 Å². The summed E-state index contributed by atoms with van der Waals surface area (Å²) in [5.41, 5.74) is 3.24. The summed E-state index contributed by atoms with van der Waals surface area (Å²) in [6, 6.07) is 16.1. The van der Waals surface area contributed by atoms with Crippen molar-refractivity contribution >= 4 is 11.6 Å². The number of methoxy groups -OCH3 is 1. The number of ether oxygens (including phenoxy) is 1. The minimum Gasteiger partial charge on any atom is -0.497 e. The fourth-order valence-corrected chi connectivity index (χ4v) is 3.24. The number of carbonyl (C=O) groups is 1. The summed E-state index contributed by atoms with van der Waals surface area (Å²) in [5, 5.41) is 3.01. The average molecular weight is 353 g/mol. The SMILES string of the molecule is COc1cccc(CN2CCN(CC(=O)Nc3ccccc3C)CC2)c1. The van der Waals surface area contributed by atoms with Gasteiger partial charge in [-0.25, -0.2) is 0 Å². The second-order valence-corrected chi connectivity index (χ2v) is 6.77. The fraction of sp³-hybridized carbons (Fsp3) is 0.381. The van der Waals surface area contributed by atoms with Crippen molar-refractivity contribution in [2.45, 2.75) is 13.5 Å². The highest BCUT2D eigenvalue weighted by Crippen LogP contribution is 2.16. The van der Waals surface area contributed by atoms with Gasteiger partial charge >= 0.3 is 0 Å². The molecule has 0 radical (unpaired) electrons. The normalized spacial score (nSPS) is 15.6. The third-order valence-electron chi connectivity index (χ3n) is 4.79. The van der Waals surface area contributed by atoms with Crippen LogP contribution in [0.25, 0.3) is 0 Å². The third kappa shape index (κ3) is 5.07. The van der Waals surface area contributed by atoms with E-state index in [4.69, 9.17) is 4.74 Å². The first kappa shape index (κ1) is 18.4. The lowest BCUT2D eigenvalue weighted by atomic mass is 10.2. The predicted molar refractivity (Wildman–Crippen MR) is 105 cm³/mol. The van der Waals surface area contributed by atoms with Gasteiger partial charge in [0.25, 0.3) is 0 Å². The second-order valence-electron chi connectivity index (χ2n) is 6.77. The molecule has 1 aliphatic rings. The monoisotopic (exact) mass is 353 g/mol. The molecule has 5 heteroatoms. The first-order chi connectivity index (χ1) is 12.6. The molecule has 0 aliphatic carbocycles. The number of nitrogens with zero attached hydrogens (tertiary/aromatic N) is 2. The maximum Gasteiger partial charge on any atom is 0.238 e. The molecule has 1 N–H and O–H groups in total. The maximum absolute atomic E-state index is 12.3. The Balaban J connectivity index is 1.44. The summed E-state index contributed by atoms with van der Waals surface area (Å²) in [4.78, 5) is 16.9. The van der Waals surface area contributed by atoms with E-state index < -0.39 is 0 Å². The topological polar surface area (TPSA) is 44.8 Å². The Labute approximate surface area is 155 Å². The minimum atomic E-state index is 0.0561. The van der Waals surface area contributed by atoms with Crippen molar-refractivity contribution in [2.75, 3.05) is 45.2 Å². The summed E-state index contributed by atoms with van der Waals surface area (Å²) in [5.74, 6) is 0.953. The van der Waals surface area contributed by atoms with E-state index >= 15 is 0 Å². The van der Waals surface area contributed by atoms with Crippen molar-refractivity contribution in [1.29, 1.82) is 0 Å². The molecule has 0 unspecified atom stereocenters. The number of benzene rings is 2. The van der Waals surface area contributed by atoms with Gasteiger partial charge in [0.15, 0.2) is 0 Å². The summed E-state index contributed by atoms with van der Waals surface area (Å²) in [6.07, 6.45) is 0. The minimum absolute atomic E-state index is 0.0561. The van der Waals surface area contributed by atoms with Crippen LogP contribution in [0.4, 0.5) is 5.69 Å². The standard InChI is InChI=1S/C21H27N3O2/c1-17-6-3-4-9-20(17)22-21(25)16-24-12-10-23(11-13-24)15-18-7-5-8-19(14-18)26-2/h3-9,14H,10-13,15-16H2,1-2H3,(H,22,25).